The summed E-state index contributed by atoms with van der Waals surface area (Å²) in [6.45, 7) is 19.8. The lowest BCUT2D eigenvalue weighted by Crippen LogP contribution is -2.07. The fraction of sp³-hybridized carbons (Fsp3) is 0.237. The first-order valence-electron chi connectivity index (χ1n) is 34.3. The predicted octanol–water partition coefficient (Wildman–Crippen LogP) is 13.6. The molecule has 9 heterocycles. The summed E-state index contributed by atoms with van der Waals surface area (Å²) in [6.07, 6.45) is 10.5. The largest absolute Gasteiger partial charge is 0.502 e. The molecule has 8 N–H and O–H groups in total. The second kappa shape index (κ2) is 61.8. The summed E-state index contributed by atoms with van der Waals surface area (Å²) in [6, 6.07) is 37.4. The van der Waals surface area contributed by atoms with Crippen LogP contribution in [0.5, 0.6) is 69.5 Å². The fourth-order valence-corrected chi connectivity index (χ4v) is 8.09. The van der Waals surface area contributed by atoms with Crippen LogP contribution in [0.15, 0.2) is 185 Å². The molecule has 0 aliphatic carbocycles. The number of H-pyrrole nitrogens is 4. The lowest BCUT2D eigenvalue weighted by atomic mass is 10.2. The summed E-state index contributed by atoms with van der Waals surface area (Å²) in [4.78, 5) is 93.0. The number of aromatic nitrogens is 20. The molecule has 119 heavy (non-hydrogen) atoms. The van der Waals surface area contributed by atoms with Crippen LogP contribution >= 0.6 is 58.0 Å². The first-order chi connectivity index (χ1) is 57.5. The van der Waals surface area contributed by atoms with E-state index in [2.05, 4.69) is 110 Å². The number of ether oxygens (including phenoxy) is 10. The summed E-state index contributed by atoms with van der Waals surface area (Å²) >= 11 is 27.4. The van der Waals surface area contributed by atoms with Crippen molar-refractivity contribution in [2.75, 3.05) is 77.5 Å². The van der Waals surface area contributed by atoms with Gasteiger partial charge in [0, 0.05) is 36.5 Å². The van der Waals surface area contributed by atoms with Crippen LogP contribution in [0.2, 0.25) is 26.3 Å². The highest BCUT2D eigenvalue weighted by Crippen LogP contribution is 2.29. The number of aryl methyl sites for hydroxylation is 1. The molecular formula is C76H88Cl5N21O17. The van der Waals surface area contributed by atoms with E-state index in [4.69, 9.17) is 128 Å². The molecule has 0 spiro atoms. The van der Waals surface area contributed by atoms with Gasteiger partial charge < -0.3 is 87.6 Å². The van der Waals surface area contributed by atoms with E-state index < -0.39 is 16.7 Å². The predicted molar refractivity (Wildman–Crippen MR) is 448 cm³/mol. The van der Waals surface area contributed by atoms with Gasteiger partial charge in [0.1, 0.15) is 17.5 Å². The molecule has 0 bridgehead atoms. The molecule has 13 rings (SSSR count). The Kier molecular flexibility index (Phi) is 53.8. The zero-order valence-corrected chi connectivity index (χ0v) is 70.9. The minimum Gasteiger partial charge on any atom is -0.502 e. The summed E-state index contributed by atoms with van der Waals surface area (Å²) in [5.41, 5.74) is 1.77. The minimum atomic E-state index is -0.529. The van der Waals surface area contributed by atoms with Gasteiger partial charge in [-0.3, -0.25) is 14.4 Å². The molecule has 43 heteroatoms. The number of nitrogens with zero attached hydrogens (tertiary/aromatic N) is 17. The van der Waals surface area contributed by atoms with E-state index in [1.54, 1.807) is 20.2 Å². The van der Waals surface area contributed by atoms with Crippen LogP contribution in [-0.4, -0.2) is 198 Å². The summed E-state index contributed by atoms with van der Waals surface area (Å²) in [7, 11) is 13.4. The summed E-state index contributed by atoms with van der Waals surface area (Å²) < 4.78 is 49.2. The lowest BCUT2D eigenvalue weighted by molar-refractivity contribution is 0.0482. The standard InChI is InChI=1S/C13H14N2O3.3C10H8N2O2.C7H9ClN2O3.C6H7ClN2O2.C5H4Cl2N2O.C5H5ClN2O2.C2H4N4.C2H3N.3C2H6/c1-16-9-18-11-8-14-12(15-13(11)17-2)10-6-4-3-5-7-10;3*13-8-6-11-9(12-10(8)14)7-4-2-1-3-5-7;1-11-4-13-5-3-9-7(8)10-6(5)12-2;1-10-4-3-8-6(7)9-5(4)11-2;1-10-3-2-8-5(7)9-4(3)6;1-10-4-3(9)2-7-5(6)8-4;1-2-3-5-6-4-2;1-3-2;3*1-2/h3-8H,9H2,1-2H3;3*1-6,13H,(H,11,12,14);3H,4H2,1-2H3;3H,1-2H3;2H,1H3;2,9H,1H3;1H3,(H,3,4,5,6);1H3;3*1-2H3. The highest BCUT2D eigenvalue weighted by Gasteiger charge is 2.13. The van der Waals surface area contributed by atoms with Crippen molar-refractivity contribution >= 4 is 58.0 Å². The topological polar surface area (TPSA) is 498 Å². The normalized spacial score (nSPS) is 9.24. The van der Waals surface area contributed by atoms with Crippen molar-refractivity contribution in [2.24, 2.45) is 0 Å². The van der Waals surface area contributed by atoms with E-state index in [-0.39, 0.29) is 74.6 Å². The number of tetrazole rings is 1. The first kappa shape index (κ1) is 103. The molecule has 0 aliphatic rings. The monoisotopic (exact) mass is 1740 g/mol. The van der Waals surface area contributed by atoms with Crippen molar-refractivity contribution in [3.63, 3.8) is 0 Å². The second-order valence-corrected chi connectivity index (χ2v) is 21.6. The molecule has 13 aromatic rings. The average Bonchev–Trinajstić information content (AvgIpc) is 0.985. The number of hydrogen-bond acceptors (Lipinski definition) is 33. The third-order valence-electron chi connectivity index (χ3n) is 12.3. The van der Waals surface area contributed by atoms with Crippen molar-refractivity contribution in [3.05, 3.63) is 245 Å². The first-order valence-corrected chi connectivity index (χ1v) is 36.2. The molecule has 4 aromatic carbocycles. The van der Waals surface area contributed by atoms with E-state index in [1.807, 2.05) is 163 Å². The van der Waals surface area contributed by atoms with E-state index in [1.165, 1.54) is 81.6 Å². The van der Waals surface area contributed by atoms with Gasteiger partial charge in [-0.05, 0) is 53.3 Å². The van der Waals surface area contributed by atoms with Gasteiger partial charge in [-0.15, -0.1) is 10.2 Å². The van der Waals surface area contributed by atoms with Crippen LogP contribution in [0.1, 0.15) is 47.4 Å². The number of halogens is 5. The van der Waals surface area contributed by atoms with Crippen molar-refractivity contribution in [1.82, 2.24) is 100 Å². The maximum Gasteiger partial charge on any atom is 0.293 e. The van der Waals surface area contributed by atoms with Crippen molar-refractivity contribution in [2.45, 2.75) is 48.5 Å². The molecule has 0 aliphatic heterocycles. The summed E-state index contributed by atoms with van der Waals surface area (Å²) in [5, 5.41) is 49.2. The number of hydrogen-bond donors (Lipinski definition) is 8. The van der Waals surface area contributed by atoms with Crippen LogP contribution in [-0.2, 0) is 9.47 Å². The van der Waals surface area contributed by atoms with Gasteiger partial charge in [-0.2, -0.15) is 25.1 Å². The number of benzene rings is 4. The quantitative estimate of drug-likeness (QED) is 0.0193. The maximum atomic E-state index is 11.1. The summed E-state index contributed by atoms with van der Waals surface area (Å²) in [5.74, 6) is 4.24. The van der Waals surface area contributed by atoms with Gasteiger partial charge in [0.15, 0.2) is 64.9 Å². The zero-order chi connectivity index (χ0) is 88.9. The Morgan fingerprint density at radius 3 is 0.983 bits per heavy atom. The van der Waals surface area contributed by atoms with Gasteiger partial charge in [-0.1, -0.05) is 180 Å². The Bertz CT molecular complexity index is 4940. The number of methoxy groups -OCH3 is 8. The van der Waals surface area contributed by atoms with Crippen molar-refractivity contribution < 1.29 is 67.8 Å². The van der Waals surface area contributed by atoms with Crippen LogP contribution in [0.4, 0.5) is 0 Å². The van der Waals surface area contributed by atoms with Crippen LogP contribution in [0.3, 0.4) is 0 Å². The molecule has 634 valence electrons. The molecule has 0 saturated heterocycles. The Morgan fingerprint density at radius 1 is 0.378 bits per heavy atom. The van der Waals surface area contributed by atoms with Gasteiger partial charge in [0.2, 0.25) is 39.7 Å². The fourth-order valence-electron chi connectivity index (χ4n) is 7.33. The number of rotatable bonds is 16. The van der Waals surface area contributed by atoms with Crippen molar-refractivity contribution in [1.29, 1.82) is 0 Å². The lowest BCUT2D eigenvalue weighted by Gasteiger charge is -2.09. The Morgan fingerprint density at radius 2 is 0.681 bits per heavy atom. The van der Waals surface area contributed by atoms with Gasteiger partial charge in [-0.25, -0.2) is 51.4 Å². The SMILES string of the molecule is CC.CC.CC.COCOc1cnc(-c2ccccc2)nc1OC.COCOc1cnc(Cl)nc1OC.COc1cnc(Cl)nc1Cl.COc1cnc(Cl)nc1OC.COc1nc(Cl)ncc1O.Cc1nn[nH]n1.O=c1[nH]c(-c2ccccc2)ncc1O.O=c1[nH]c(-c2ccccc2)ncc1O.O=c1[nH]c(-c2ccccc2)ncc1O.[C-]#[N+]C. The van der Waals surface area contributed by atoms with Crippen LogP contribution in [0.25, 0.3) is 50.4 Å². The maximum absolute atomic E-state index is 11.1. The van der Waals surface area contributed by atoms with E-state index in [0.717, 1.165) is 40.8 Å². The van der Waals surface area contributed by atoms with Crippen LogP contribution in [0, 0.1) is 13.5 Å². The smallest absolute Gasteiger partial charge is 0.293 e. The number of aromatic hydroxyl groups is 4. The van der Waals surface area contributed by atoms with Crippen LogP contribution < -0.4 is 54.6 Å². The molecule has 9 aromatic heterocycles. The molecule has 0 unspecified atom stereocenters. The highest BCUT2D eigenvalue weighted by molar-refractivity contribution is 6.32. The van der Waals surface area contributed by atoms with Crippen molar-refractivity contribution in [3.8, 4) is 115 Å². The Labute approximate surface area is 708 Å². The van der Waals surface area contributed by atoms with Gasteiger partial charge >= 0.3 is 0 Å². The third-order valence-corrected chi connectivity index (χ3v) is 13.3. The highest BCUT2D eigenvalue weighted by atomic mass is 35.5. The minimum absolute atomic E-state index is 0.0506. The second-order valence-electron chi connectivity index (χ2n) is 19.9. The van der Waals surface area contributed by atoms with Gasteiger partial charge in [0.05, 0.1) is 92.2 Å². The average molecular weight is 1740 g/mol. The molecule has 0 radical (unpaired) electrons. The molecule has 0 amide bonds. The van der Waals surface area contributed by atoms with E-state index in [0.29, 0.717) is 63.9 Å². The molecule has 0 saturated carbocycles. The Hall–Kier alpha value is -13.6. The van der Waals surface area contributed by atoms with E-state index in [9.17, 15) is 14.4 Å². The number of nitrogens with one attached hydrogen (secondary N) is 4. The van der Waals surface area contributed by atoms with E-state index >= 15 is 0 Å². The zero-order valence-electron chi connectivity index (χ0n) is 67.2. The third kappa shape index (κ3) is 40.0. The Balaban J connectivity index is 0.000000667. The van der Waals surface area contributed by atoms with Gasteiger partial charge in [0.25, 0.3) is 40.2 Å². The molecule has 38 nitrogen and oxygen atoms in total. The molecular weight excluding hydrogens is 1660 g/mol. The molecule has 0 atom stereocenters. The molecule has 0 fully saturated rings. The number of aromatic amines is 4.